The SMILES string of the molecule is CC(NS(=O)(=O)Cc1ccccc1N)c1nn[nH]n1. The van der Waals surface area contributed by atoms with Gasteiger partial charge in [0.25, 0.3) is 0 Å². The molecule has 1 heterocycles. The van der Waals surface area contributed by atoms with E-state index in [1.54, 1.807) is 31.2 Å². The van der Waals surface area contributed by atoms with Crippen molar-refractivity contribution >= 4 is 15.7 Å². The van der Waals surface area contributed by atoms with Crippen LogP contribution in [0, 0.1) is 0 Å². The number of aromatic nitrogens is 4. The van der Waals surface area contributed by atoms with Crippen molar-refractivity contribution < 1.29 is 8.42 Å². The van der Waals surface area contributed by atoms with Crippen molar-refractivity contribution in [3.05, 3.63) is 35.7 Å². The van der Waals surface area contributed by atoms with Gasteiger partial charge in [-0.25, -0.2) is 13.1 Å². The zero-order chi connectivity index (χ0) is 13.9. The lowest BCUT2D eigenvalue weighted by Crippen LogP contribution is -2.29. The van der Waals surface area contributed by atoms with Gasteiger partial charge in [0.15, 0.2) is 5.82 Å². The number of tetrazole rings is 1. The molecular formula is C10H14N6O2S. The number of rotatable bonds is 5. The highest BCUT2D eigenvalue weighted by atomic mass is 32.2. The van der Waals surface area contributed by atoms with Gasteiger partial charge in [0.2, 0.25) is 10.0 Å². The van der Waals surface area contributed by atoms with E-state index in [-0.39, 0.29) is 11.6 Å². The van der Waals surface area contributed by atoms with E-state index in [2.05, 4.69) is 25.3 Å². The quantitative estimate of drug-likeness (QED) is 0.660. The van der Waals surface area contributed by atoms with Crippen molar-refractivity contribution in [2.24, 2.45) is 0 Å². The smallest absolute Gasteiger partial charge is 0.216 e. The molecular weight excluding hydrogens is 268 g/mol. The first-order valence-electron chi connectivity index (χ1n) is 5.54. The van der Waals surface area contributed by atoms with E-state index in [1.807, 2.05) is 0 Å². The van der Waals surface area contributed by atoms with Crippen LogP contribution in [0.25, 0.3) is 0 Å². The summed E-state index contributed by atoms with van der Waals surface area (Å²) in [5, 5.41) is 13.1. The molecule has 0 spiro atoms. The molecule has 0 fully saturated rings. The Kier molecular flexibility index (Phi) is 3.76. The molecule has 2 rings (SSSR count). The number of nitrogens with one attached hydrogen (secondary N) is 2. The maximum absolute atomic E-state index is 12.0. The maximum atomic E-state index is 12.0. The fourth-order valence-electron chi connectivity index (χ4n) is 1.59. The maximum Gasteiger partial charge on any atom is 0.216 e. The van der Waals surface area contributed by atoms with E-state index < -0.39 is 16.1 Å². The fraction of sp³-hybridized carbons (Fsp3) is 0.300. The average Bonchev–Trinajstić information content (AvgIpc) is 2.85. The summed E-state index contributed by atoms with van der Waals surface area (Å²) in [6, 6.07) is 6.26. The van der Waals surface area contributed by atoms with Crippen LogP contribution in [0.2, 0.25) is 0 Å². The number of sulfonamides is 1. The molecule has 0 aliphatic carbocycles. The summed E-state index contributed by atoms with van der Waals surface area (Å²) >= 11 is 0. The predicted octanol–water partition coefficient (Wildman–Crippen LogP) is -0.0375. The molecule has 0 bridgehead atoms. The average molecular weight is 282 g/mol. The molecule has 9 heteroatoms. The highest BCUT2D eigenvalue weighted by Gasteiger charge is 2.19. The number of nitrogen functional groups attached to an aromatic ring is 1. The molecule has 0 saturated carbocycles. The second-order valence-electron chi connectivity index (χ2n) is 4.07. The van der Waals surface area contributed by atoms with E-state index in [9.17, 15) is 8.42 Å². The molecule has 0 radical (unpaired) electrons. The zero-order valence-electron chi connectivity index (χ0n) is 10.2. The van der Waals surface area contributed by atoms with Gasteiger partial charge >= 0.3 is 0 Å². The van der Waals surface area contributed by atoms with Gasteiger partial charge in [-0.3, -0.25) is 0 Å². The largest absolute Gasteiger partial charge is 0.398 e. The molecule has 1 aromatic heterocycles. The number of H-pyrrole nitrogens is 1. The van der Waals surface area contributed by atoms with Crippen LogP contribution in [0.3, 0.4) is 0 Å². The molecule has 1 aromatic carbocycles. The van der Waals surface area contributed by atoms with Gasteiger partial charge in [0, 0.05) is 5.69 Å². The predicted molar refractivity (Wildman–Crippen MR) is 69.2 cm³/mol. The van der Waals surface area contributed by atoms with Crippen LogP contribution in [-0.4, -0.2) is 29.0 Å². The van der Waals surface area contributed by atoms with Crippen molar-refractivity contribution in [1.82, 2.24) is 25.3 Å². The lowest BCUT2D eigenvalue weighted by Gasteiger charge is -2.11. The van der Waals surface area contributed by atoms with E-state index in [4.69, 9.17) is 5.73 Å². The minimum Gasteiger partial charge on any atom is -0.398 e. The summed E-state index contributed by atoms with van der Waals surface area (Å²) < 4.78 is 26.5. The first kappa shape index (κ1) is 13.4. The number of benzene rings is 1. The third-order valence-electron chi connectivity index (χ3n) is 2.51. The number of hydrogen-bond acceptors (Lipinski definition) is 6. The summed E-state index contributed by atoms with van der Waals surface area (Å²) in [6.45, 7) is 1.64. The third-order valence-corrected chi connectivity index (χ3v) is 3.91. The van der Waals surface area contributed by atoms with Gasteiger partial charge in [-0.1, -0.05) is 23.4 Å². The van der Waals surface area contributed by atoms with E-state index >= 15 is 0 Å². The Labute approximate surface area is 110 Å². The van der Waals surface area contributed by atoms with Crippen LogP contribution in [0.5, 0.6) is 0 Å². The number of nitrogens with two attached hydrogens (primary N) is 1. The van der Waals surface area contributed by atoms with Crippen molar-refractivity contribution in [3.8, 4) is 0 Å². The Morgan fingerprint density at radius 2 is 2.16 bits per heavy atom. The van der Waals surface area contributed by atoms with Crippen LogP contribution in [0.4, 0.5) is 5.69 Å². The third kappa shape index (κ3) is 3.48. The van der Waals surface area contributed by atoms with Crippen LogP contribution in [0.1, 0.15) is 24.4 Å². The van der Waals surface area contributed by atoms with Gasteiger partial charge < -0.3 is 5.73 Å². The molecule has 19 heavy (non-hydrogen) atoms. The Balaban J connectivity index is 2.09. The molecule has 1 atom stereocenters. The summed E-state index contributed by atoms with van der Waals surface area (Å²) in [5.41, 5.74) is 6.72. The lowest BCUT2D eigenvalue weighted by atomic mass is 10.2. The molecule has 0 amide bonds. The number of hydrogen-bond donors (Lipinski definition) is 3. The van der Waals surface area contributed by atoms with Gasteiger partial charge in [-0.15, -0.1) is 10.2 Å². The van der Waals surface area contributed by atoms with Crippen LogP contribution in [0.15, 0.2) is 24.3 Å². The standard InChI is InChI=1S/C10H14N6O2S/c1-7(10-12-15-16-13-10)14-19(17,18)6-8-4-2-3-5-9(8)11/h2-5,7,14H,6,11H2,1H3,(H,12,13,15,16). The number of anilines is 1. The molecule has 1 unspecified atom stereocenters. The molecule has 4 N–H and O–H groups in total. The van der Waals surface area contributed by atoms with Crippen molar-refractivity contribution in [1.29, 1.82) is 0 Å². The van der Waals surface area contributed by atoms with Crippen molar-refractivity contribution in [3.63, 3.8) is 0 Å². The summed E-state index contributed by atoms with van der Waals surface area (Å²) in [6.07, 6.45) is 0. The number of para-hydroxylation sites is 1. The van der Waals surface area contributed by atoms with Gasteiger partial charge in [0.1, 0.15) is 0 Å². The van der Waals surface area contributed by atoms with Crippen molar-refractivity contribution in [2.75, 3.05) is 5.73 Å². The first-order chi connectivity index (χ1) is 8.98. The van der Waals surface area contributed by atoms with E-state index in [0.29, 0.717) is 11.3 Å². The normalized spacial score (nSPS) is 13.3. The number of aromatic amines is 1. The summed E-state index contributed by atoms with van der Waals surface area (Å²) in [7, 11) is -3.53. The van der Waals surface area contributed by atoms with Crippen LogP contribution >= 0.6 is 0 Å². The minimum absolute atomic E-state index is 0.193. The molecule has 0 saturated heterocycles. The summed E-state index contributed by atoms with van der Waals surface area (Å²) in [4.78, 5) is 0. The van der Waals surface area contributed by atoms with Crippen LogP contribution in [-0.2, 0) is 15.8 Å². The van der Waals surface area contributed by atoms with Gasteiger partial charge in [-0.05, 0) is 18.6 Å². The molecule has 0 aliphatic heterocycles. The topological polar surface area (TPSA) is 127 Å². The Morgan fingerprint density at radius 3 is 2.79 bits per heavy atom. The number of nitrogens with zero attached hydrogens (tertiary/aromatic N) is 3. The highest BCUT2D eigenvalue weighted by molar-refractivity contribution is 7.88. The Hall–Kier alpha value is -2.00. The molecule has 0 aliphatic rings. The Morgan fingerprint density at radius 1 is 1.42 bits per heavy atom. The van der Waals surface area contributed by atoms with Crippen LogP contribution < -0.4 is 10.5 Å². The molecule has 8 nitrogen and oxygen atoms in total. The Bertz CT molecular complexity index is 640. The van der Waals surface area contributed by atoms with Gasteiger partial charge in [0.05, 0.1) is 11.8 Å². The lowest BCUT2D eigenvalue weighted by molar-refractivity contribution is 0.559. The second-order valence-corrected chi connectivity index (χ2v) is 5.82. The summed E-state index contributed by atoms with van der Waals surface area (Å²) in [5.74, 6) is 0.0895. The highest BCUT2D eigenvalue weighted by Crippen LogP contribution is 2.15. The van der Waals surface area contributed by atoms with Gasteiger partial charge in [-0.2, -0.15) is 5.21 Å². The second kappa shape index (κ2) is 5.33. The zero-order valence-corrected chi connectivity index (χ0v) is 11.1. The van der Waals surface area contributed by atoms with E-state index in [1.165, 1.54) is 0 Å². The minimum atomic E-state index is -3.53. The molecule has 102 valence electrons. The van der Waals surface area contributed by atoms with E-state index in [0.717, 1.165) is 0 Å². The first-order valence-corrected chi connectivity index (χ1v) is 7.20. The monoisotopic (exact) mass is 282 g/mol. The fourth-order valence-corrected chi connectivity index (χ4v) is 2.99. The van der Waals surface area contributed by atoms with Crippen molar-refractivity contribution in [2.45, 2.75) is 18.7 Å². The molecule has 2 aromatic rings.